The van der Waals surface area contributed by atoms with Crippen LogP contribution in [0.3, 0.4) is 0 Å². The van der Waals surface area contributed by atoms with Crippen LogP contribution in [0.1, 0.15) is 38.5 Å². The Morgan fingerprint density at radius 2 is 1.59 bits per heavy atom. The Balaban J connectivity index is 1.73. The van der Waals surface area contributed by atoms with Gasteiger partial charge in [-0.05, 0) is 41.7 Å². The molecular formula is C18H23NO2S. The normalized spacial score (nSPS) is 17.5. The van der Waals surface area contributed by atoms with E-state index in [0.29, 0.717) is 17.4 Å². The summed E-state index contributed by atoms with van der Waals surface area (Å²) in [6, 6.07) is 13.1. The van der Waals surface area contributed by atoms with Gasteiger partial charge in [0.15, 0.2) is 0 Å². The maximum absolute atomic E-state index is 12.5. The molecule has 1 saturated carbocycles. The third-order valence-corrected chi connectivity index (χ3v) is 5.99. The predicted octanol–water partition coefficient (Wildman–Crippen LogP) is 4.09. The monoisotopic (exact) mass is 317 g/mol. The van der Waals surface area contributed by atoms with Gasteiger partial charge in [0.05, 0.1) is 4.90 Å². The van der Waals surface area contributed by atoms with Crippen LogP contribution in [-0.4, -0.2) is 15.0 Å². The molecule has 3 rings (SSSR count). The van der Waals surface area contributed by atoms with Gasteiger partial charge in [0, 0.05) is 6.54 Å². The lowest BCUT2D eigenvalue weighted by molar-refractivity contribution is 0.451. The van der Waals surface area contributed by atoms with Crippen molar-refractivity contribution in [3.8, 4) is 0 Å². The molecule has 0 atom stereocenters. The first-order chi connectivity index (χ1) is 10.6. The van der Waals surface area contributed by atoms with Gasteiger partial charge in [-0.25, -0.2) is 13.1 Å². The van der Waals surface area contributed by atoms with Crippen molar-refractivity contribution in [3.05, 3.63) is 42.5 Å². The van der Waals surface area contributed by atoms with E-state index in [9.17, 15) is 8.42 Å². The minimum Gasteiger partial charge on any atom is -0.211 e. The summed E-state index contributed by atoms with van der Waals surface area (Å²) >= 11 is 0. The molecule has 1 aliphatic carbocycles. The van der Waals surface area contributed by atoms with Gasteiger partial charge in [0.1, 0.15) is 0 Å². The lowest BCUT2D eigenvalue weighted by Crippen LogP contribution is -2.29. The van der Waals surface area contributed by atoms with Gasteiger partial charge in [-0.3, -0.25) is 0 Å². The fourth-order valence-corrected chi connectivity index (χ4v) is 4.36. The number of sulfonamides is 1. The Hall–Kier alpha value is -1.39. The second-order valence-corrected chi connectivity index (χ2v) is 7.99. The fraction of sp³-hybridized carbons (Fsp3) is 0.444. The van der Waals surface area contributed by atoms with Crippen molar-refractivity contribution in [1.29, 1.82) is 0 Å². The van der Waals surface area contributed by atoms with E-state index < -0.39 is 10.0 Å². The van der Waals surface area contributed by atoms with E-state index in [2.05, 4.69) is 4.72 Å². The van der Waals surface area contributed by atoms with E-state index in [1.165, 1.54) is 25.7 Å². The minimum atomic E-state index is -3.41. The van der Waals surface area contributed by atoms with Crippen LogP contribution in [0.5, 0.6) is 0 Å². The average molecular weight is 317 g/mol. The molecule has 2 aromatic rings. The molecule has 1 fully saturated rings. The smallest absolute Gasteiger partial charge is 0.211 e. The van der Waals surface area contributed by atoms with E-state index in [0.717, 1.165) is 23.6 Å². The highest BCUT2D eigenvalue weighted by Gasteiger charge is 2.18. The summed E-state index contributed by atoms with van der Waals surface area (Å²) in [6.45, 7) is 0.565. The molecule has 0 unspecified atom stereocenters. The first-order valence-corrected chi connectivity index (χ1v) is 9.62. The number of hydrogen-bond donors (Lipinski definition) is 1. The van der Waals surface area contributed by atoms with Crippen LogP contribution >= 0.6 is 0 Å². The third kappa shape index (κ3) is 3.68. The van der Waals surface area contributed by atoms with Crippen molar-refractivity contribution >= 4 is 20.8 Å². The van der Waals surface area contributed by atoms with Gasteiger partial charge in [0.2, 0.25) is 10.0 Å². The molecule has 118 valence electrons. The lowest BCUT2D eigenvalue weighted by atomic mass is 10.0. The Bertz CT molecular complexity index is 732. The lowest BCUT2D eigenvalue weighted by Gasteiger charge is -2.15. The molecular weight excluding hydrogens is 294 g/mol. The number of rotatable bonds is 4. The minimum absolute atomic E-state index is 0.361. The van der Waals surface area contributed by atoms with Gasteiger partial charge in [0.25, 0.3) is 0 Å². The third-order valence-electron chi connectivity index (χ3n) is 4.57. The summed E-state index contributed by atoms with van der Waals surface area (Å²) in [5.74, 6) is 0.484. The maximum atomic E-state index is 12.5. The van der Waals surface area contributed by atoms with E-state index in [1.54, 1.807) is 12.1 Å². The highest BCUT2D eigenvalue weighted by atomic mass is 32.2. The molecule has 1 aliphatic rings. The Morgan fingerprint density at radius 3 is 2.32 bits per heavy atom. The van der Waals surface area contributed by atoms with Gasteiger partial charge in [-0.2, -0.15) is 0 Å². The fourth-order valence-electron chi connectivity index (χ4n) is 3.21. The molecule has 0 heterocycles. The molecule has 0 radical (unpaired) electrons. The molecule has 0 saturated heterocycles. The van der Waals surface area contributed by atoms with Crippen molar-refractivity contribution in [2.75, 3.05) is 6.54 Å². The van der Waals surface area contributed by atoms with Crippen LogP contribution in [0.4, 0.5) is 0 Å². The first kappa shape index (κ1) is 15.5. The molecule has 22 heavy (non-hydrogen) atoms. The predicted molar refractivity (Wildman–Crippen MR) is 90.3 cm³/mol. The Labute approximate surface area is 132 Å². The summed E-state index contributed by atoms with van der Waals surface area (Å²) in [7, 11) is -3.41. The van der Waals surface area contributed by atoms with Crippen LogP contribution in [0.2, 0.25) is 0 Å². The second-order valence-electron chi connectivity index (χ2n) is 6.22. The van der Waals surface area contributed by atoms with Gasteiger partial charge in [-0.1, -0.05) is 56.0 Å². The molecule has 4 heteroatoms. The average Bonchev–Trinajstić information content (AvgIpc) is 2.81. The second kappa shape index (κ2) is 6.80. The van der Waals surface area contributed by atoms with Crippen molar-refractivity contribution in [2.45, 2.75) is 43.4 Å². The molecule has 1 N–H and O–H groups in total. The highest BCUT2D eigenvalue weighted by molar-refractivity contribution is 7.89. The quantitative estimate of drug-likeness (QED) is 0.863. The first-order valence-electron chi connectivity index (χ1n) is 8.14. The zero-order valence-electron chi connectivity index (χ0n) is 12.8. The molecule has 0 aromatic heterocycles. The zero-order chi connectivity index (χ0) is 15.4. The van der Waals surface area contributed by atoms with E-state index in [1.807, 2.05) is 30.3 Å². The van der Waals surface area contributed by atoms with E-state index in [4.69, 9.17) is 0 Å². The van der Waals surface area contributed by atoms with Crippen molar-refractivity contribution < 1.29 is 8.42 Å². The SMILES string of the molecule is O=S(=O)(NCC1CCCCCC1)c1ccc2ccccc2c1. The standard InChI is InChI=1S/C18H23NO2S/c20-22(21,19-14-15-7-3-1-2-4-8-15)18-12-11-16-9-5-6-10-17(16)13-18/h5-6,9-13,15,19H,1-4,7-8,14H2. The zero-order valence-corrected chi connectivity index (χ0v) is 13.6. The summed E-state index contributed by atoms with van der Waals surface area (Å²) in [5, 5.41) is 2.02. The van der Waals surface area contributed by atoms with Crippen LogP contribution in [0, 0.1) is 5.92 Å². The highest BCUT2D eigenvalue weighted by Crippen LogP contribution is 2.23. The van der Waals surface area contributed by atoms with Gasteiger partial charge in [-0.15, -0.1) is 0 Å². The molecule has 0 amide bonds. The topological polar surface area (TPSA) is 46.2 Å². The molecule has 2 aromatic carbocycles. The van der Waals surface area contributed by atoms with Crippen molar-refractivity contribution in [3.63, 3.8) is 0 Å². The van der Waals surface area contributed by atoms with Gasteiger partial charge >= 0.3 is 0 Å². The van der Waals surface area contributed by atoms with Crippen LogP contribution < -0.4 is 4.72 Å². The maximum Gasteiger partial charge on any atom is 0.240 e. The molecule has 0 aliphatic heterocycles. The molecule has 0 bridgehead atoms. The van der Waals surface area contributed by atoms with Crippen LogP contribution in [-0.2, 0) is 10.0 Å². The van der Waals surface area contributed by atoms with E-state index >= 15 is 0 Å². The van der Waals surface area contributed by atoms with Crippen LogP contribution in [0.25, 0.3) is 10.8 Å². The summed E-state index contributed by atoms with van der Waals surface area (Å²) in [6.07, 6.45) is 7.30. The number of hydrogen-bond acceptors (Lipinski definition) is 2. The largest absolute Gasteiger partial charge is 0.240 e. The number of nitrogens with one attached hydrogen (secondary N) is 1. The number of fused-ring (bicyclic) bond motifs is 1. The van der Waals surface area contributed by atoms with E-state index in [-0.39, 0.29) is 0 Å². The number of benzene rings is 2. The summed E-state index contributed by atoms with van der Waals surface area (Å²) in [4.78, 5) is 0.361. The summed E-state index contributed by atoms with van der Waals surface area (Å²) < 4.78 is 27.8. The molecule has 3 nitrogen and oxygen atoms in total. The van der Waals surface area contributed by atoms with Crippen molar-refractivity contribution in [1.82, 2.24) is 4.72 Å². The Kier molecular flexibility index (Phi) is 4.79. The van der Waals surface area contributed by atoms with Crippen molar-refractivity contribution in [2.24, 2.45) is 5.92 Å². The Morgan fingerprint density at radius 1 is 0.909 bits per heavy atom. The van der Waals surface area contributed by atoms with Crippen LogP contribution in [0.15, 0.2) is 47.4 Å². The molecule has 0 spiro atoms. The summed E-state index contributed by atoms with van der Waals surface area (Å²) in [5.41, 5.74) is 0. The van der Waals surface area contributed by atoms with Gasteiger partial charge < -0.3 is 0 Å².